The summed E-state index contributed by atoms with van der Waals surface area (Å²) in [6.45, 7) is 3.04. The van der Waals surface area contributed by atoms with Crippen molar-refractivity contribution < 1.29 is 4.79 Å². The molecule has 1 aliphatic carbocycles. The monoisotopic (exact) mass is 277 g/mol. The standard InChI is InChI=1S/C14H23N5O/c1-2-16-13(20)11-6-7-12(19-18-11)17-14(10-15)8-4-3-5-9-14/h6-7H,2-5,8-10,15H2,1H3,(H,16,20)(H,17,19). The minimum Gasteiger partial charge on any atom is -0.362 e. The number of anilines is 1. The molecule has 0 bridgehead atoms. The number of hydrogen-bond acceptors (Lipinski definition) is 5. The van der Waals surface area contributed by atoms with Crippen LogP contribution in [-0.2, 0) is 0 Å². The van der Waals surface area contributed by atoms with Gasteiger partial charge >= 0.3 is 0 Å². The van der Waals surface area contributed by atoms with Gasteiger partial charge in [0, 0.05) is 13.1 Å². The molecular formula is C14H23N5O. The van der Waals surface area contributed by atoms with Gasteiger partial charge in [-0.25, -0.2) is 0 Å². The van der Waals surface area contributed by atoms with Crippen molar-refractivity contribution >= 4 is 11.7 Å². The maximum Gasteiger partial charge on any atom is 0.271 e. The predicted molar refractivity (Wildman–Crippen MR) is 78.5 cm³/mol. The number of rotatable bonds is 5. The van der Waals surface area contributed by atoms with Crippen LogP contribution in [-0.4, -0.2) is 34.7 Å². The van der Waals surface area contributed by atoms with Crippen LogP contribution >= 0.6 is 0 Å². The highest BCUT2D eigenvalue weighted by molar-refractivity contribution is 5.92. The van der Waals surface area contributed by atoms with Gasteiger partial charge < -0.3 is 16.4 Å². The van der Waals surface area contributed by atoms with Crippen LogP contribution in [0.3, 0.4) is 0 Å². The second-order valence-corrected chi connectivity index (χ2v) is 5.33. The minimum atomic E-state index is -0.197. The van der Waals surface area contributed by atoms with Gasteiger partial charge in [-0.05, 0) is 31.9 Å². The maximum atomic E-state index is 11.6. The summed E-state index contributed by atoms with van der Waals surface area (Å²) in [7, 11) is 0. The highest BCUT2D eigenvalue weighted by atomic mass is 16.1. The molecule has 1 saturated carbocycles. The molecule has 6 nitrogen and oxygen atoms in total. The lowest BCUT2D eigenvalue weighted by Crippen LogP contribution is -2.47. The molecule has 0 spiro atoms. The van der Waals surface area contributed by atoms with Gasteiger partial charge in [-0.3, -0.25) is 4.79 Å². The topological polar surface area (TPSA) is 92.9 Å². The average Bonchev–Trinajstić information content (AvgIpc) is 2.49. The Balaban J connectivity index is 2.04. The van der Waals surface area contributed by atoms with Gasteiger partial charge in [0.25, 0.3) is 5.91 Å². The van der Waals surface area contributed by atoms with E-state index in [-0.39, 0.29) is 11.4 Å². The number of nitrogens with one attached hydrogen (secondary N) is 2. The third kappa shape index (κ3) is 3.45. The van der Waals surface area contributed by atoms with Gasteiger partial charge in [0.1, 0.15) is 5.82 Å². The van der Waals surface area contributed by atoms with Crippen LogP contribution in [0, 0.1) is 0 Å². The average molecular weight is 277 g/mol. The zero-order valence-corrected chi connectivity index (χ0v) is 12.0. The second kappa shape index (κ2) is 6.65. The lowest BCUT2D eigenvalue weighted by atomic mass is 9.82. The highest BCUT2D eigenvalue weighted by Gasteiger charge is 2.30. The molecule has 1 fully saturated rings. The molecule has 6 heteroatoms. The van der Waals surface area contributed by atoms with E-state index >= 15 is 0 Å². The Kier molecular flexibility index (Phi) is 4.89. The largest absolute Gasteiger partial charge is 0.362 e. The molecule has 0 aromatic carbocycles. The molecule has 0 unspecified atom stereocenters. The van der Waals surface area contributed by atoms with Crippen LogP contribution in [0.5, 0.6) is 0 Å². The van der Waals surface area contributed by atoms with E-state index in [2.05, 4.69) is 20.8 Å². The third-order valence-corrected chi connectivity index (χ3v) is 3.83. The maximum absolute atomic E-state index is 11.6. The van der Waals surface area contributed by atoms with E-state index in [1.165, 1.54) is 19.3 Å². The van der Waals surface area contributed by atoms with Crippen LogP contribution in [0.25, 0.3) is 0 Å². The Hall–Kier alpha value is -1.69. The first-order chi connectivity index (χ1) is 9.69. The molecule has 20 heavy (non-hydrogen) atoms. The number of carbonyl (C=O) groups is 1. The summed E-state index contributed by atoms with van der Waals surface area (Å²) in [6, 6.07) is 3.48. The first kappa shape index (κ1) is 14.7. The summed E-state index contributed by atoms with van der Waals surface area (Å²) in [5.74, 6) is 0.489. The van der Waals surface area contributed by atoms with Gasteiger partial charge in [-0.1, -0.05) is 19.3 Å². The van der Waals surface area contributed by atoms with Crippen molar-refractivity contribution in [2.45, 2.75) is 44.6 Å². The third-order valence-electron chi connectivity index (χ3n) is 3.83. The van der Waals surface area contributed by atoms with Crippen LogP contribution in [0.2, 0.25) is 0 Å². The zero-order chi connectivity index (χ0) is 14.4. The summed E-state index contributed by atoms with van der Waals surface area (Å²) in [5.41, 5.74) is 6.20. The van der Waals surface area contributed by atoms with Crippen molar-refractivity contribution in [2.75, 3.05) is 18.4 Å². The first-order valence-electron chi connectivity index (χ1n) is 7.29. The Bertz CT molecular complexity index is 439. The Labute approximate surface area is 119 Å². The molecule has 110 valence electrons. The molecule has 1 aliphatic rings. The van der Waals surface area contributed by atoms with E-state index in [9.17, 15) is 4.79 Å². The second-order valence-electron chi connectivity index (χ2n) is 5.33. The van der Waals surface area contributed by atoms with Gasteiger partial charge in [0.2, 0.25) is 0 Å². The minimum absolute atomic E-state index is 0.0693. The Morgan fingerprint density at radius 2 is 2.05 bits per heavy atom. The van der Waals surface area contributed by atoms with E-state index in [0.717, 1.165) is 12.8 Å². The first-order valence-corrected chi connectivity index (χ1v) is 7.29. The molecule has 1 heterocycles. The van der Waals surface area contributed by atoms with Crippen LogP contribution in [0.4, 0.5) is 5.82 Å². The highest BCUT2D eigenvalue weighted by Crippen LogP contribution is 2.30. The molecule has 1 aromatic heterocycles. The molecule has 0 atom stereocenters. The van der Waals surface area contributed by atoms with Gasteiger partial charge in [0.05, 0.1) is 5.54 Å². The van der Waals surface area contributed by atoms with Crippen molar-refractivity contribution in [2.24, 2.45) is 5.73 Å². The number of hydrogen-bond donors (Lipinski definition) is 3. The van der Waals surface area contributed by atoms with Crippen molar-refractivity contribution in [1.29, 1.82) is 0 Å². The quantitative estimate of drug-likeness (QED) is 0.754. The Morgan fingerprint density at radius 3 is 2.60 bits per heavy atom. The van der Waals surface area contributed by atoms with Gasteiger partial charge in [0.15, 0.2) is 5.69 Å². The summed E-state index contributed by atoms with van der Waals surface area (Å²) in [6.07, 6.45) is 5.76. The molecule has 2 rings (SSSR count). The van der Waals surface area contributed by atoms with E-state index in [0.29, 0.717) is 24.6 Å². The number of nitrogens with two attached hydrogens (primary N) is 1. The van der Waals surface area contributed by atoms with Crippen LogP contribution in [0.15, 0.2) is 12.1 Å². The van der Waals surface area contributed by atoms with E-state index in [1.54, 1.807) is 12.1 Å². The van der Waals surface area contributed by atoms with Crippen molar-refractivity contribution in [3.05, 3.63) is 17.8 Å². The SMILES string of the molecule is CCNC(=O)c1ccc(NC2(CN)CCCCC2)nn1. The van der Waals surface area contributed by atoms with Crippen LogP contribution < -0.4 is 16.4 Å². The van der Waals surface area contributed by atoms with Crippen molar-refractivity contribution in [1.82, 2.24) is 15.5 Å². The molecule has 0 saturated heterocycles. The van der Waals surface area contributed by atoms with Gasteiger partial charge in [-0.2, -0.15) is 0 Å². The zero-order valence-electron chi connectivity index (χ0n) is 12.0. The Morgan fingerprint density at radius 1 is 1.30 bits per heavy atom. The van der Waals surface area contributed by atoms with Crippen molar-refractivity contribution in [3.63, 3.8) is 0 Å². The molecule has 1 aromatic rings. The fourth-order valence-electron chi connectivity index (χ4n) is 2.65. The molecule has 4 N–H and O–H groups in total. The number of aromatic nitrogens is 2. The van der Waals surface area contributed by atoms with Gasteiger partial charge in [-0.15, -0.1) is 10.2 Å². The summed E-state index contributed by atoms with van der Waals surface area (Å²) in [5, 5.41) is 14.2. The van der Waals surface area contributed by atoms with Crippen molar-refractivity contribution in [3.8, 4) is 0 Å². The lowest BCUT2D eigenvalue weighted by molar-refractivity contribution is 0.0950. The van der Waals surface area contributed by atoms with E-state index < -0.39 is 0 Å². The molecular weight excluding hydrogens is 254 g/mol. The smallest absolute Gasteiger partial charge is 0.271 e. The summed E-state index contributed by atoms with van der Waals surface area (Å²) in [4.78, 5) is 11.6. The lowest BCUT2D eigenvalue weighted by Gasteiger charge is -2.37. The molecule has 0 radical (unpaired) electrons. The fraction of sp³-hybridized carbons (Fsp3) is 0.643. The normalized spacial score (nSPS) is 17.5. The van der Waals surface area contributed by atoms with E-state index in [1.807, 2.05) is 6.92 Å². The number of nitrogens with zero attached hydrogens (tertiary/aromatic N) is 2. The van der Waals surface area contributed by atoms with E-state index in [4.69, 9.17) is 5.73 Å². The summed E-state index contributed by atoms with van der Waals surface area (Å²) < 4.78 is 0. The number of carbonyl (C=O) groups excluding carboxylic acids is 1. The molecule has 0 aliphatic heterocycles. The molecule has 1 amide bonds. The fourth-order valence-corrected chi connectivity index (χ4v) is 2.65. The predicted octanol–water partition coefficient (Wildman–Crippen LogP) is 1.30. The van der Waals surface area contributed by atoms with Crippen LogP contribution in [0.1, 0.15) is 49.5 Å². The number of amides is 1. The summed E-state index contributed by atoms with van der Waals surface area (Å²) >= 11 is 0.